The number of nitrogens with two attached hydrogens (primary N) is 1. The Hall–Kier alpha value is -1.39. The van der Waals surface area contributed by atoms with Gasteiger partial charge in [0.2, 0.25) is 5.91 Å². The molecule has 1 amide bonds. The van der Waals surface area contributed by atoms with Gasteiger partial charge in [0.1, 0.15) is 0 Å². The highest BCUT2D eigenvalue weighted by molar-refractivity contribution is 5.77. The molecule has 0 bridgehead atoms. The molecule has 1 fully saturated rings. The van der Waals surface area contributed by atoms with Crippen molar-refractivity contribution < 1.29 is 4.79 Å². The minimum atomic E-state index is 0.0234. The van der Waals surface area contributed by atoms with Crippen LogP contribution in [-0.2, 0) is 11.3 Å². The second-order valence-corrected chi connectivity index (χ2v) is 5.58. The van der Waals surface area contributed by atoms with Gasteiger partial charge in [0.15, 0.2) is 0 Å². The van der Waals surface area contributed by atoms with Gasteiger partial charge in [-0.25, -0.2) is 0 Å². The van der Waals surface area contributed by atoms with E-state index in [0.717, 1.165) is 26.1 Å². The highest BCUT2D eigenvalue weighted by atomic mass is 16.2. The average molecular weight is 275 g/mol. The fourth-order valence-corrected chi connectivity index (χ4v) is 2.87. The van der Waals surface area contributed by atoms with Gasteiger partial charge in [-0.1, -0.05) is 36.8 Å². The van der Waals surface area contributed by atoms with Crippen molar-refractivity contribution in [2.24, 2.45) is 5.73 Å². The van der Waals surface area contributed by atoms with Gasteiger partial charge in [-0.05, 0) is 24.9 Å². The molecule has 1 aromatic carbocycles. The van der Waals surface area contributed by atoms with E-state index < -0.39 is 0 Å². The van der Waals surface area contributed by atoms with Crippen molar-refractivity contribution in [3.05, 3.63) is 35.9 Å². The second-order valence-electron chi connectivity index (χ2n) is 5.58. The summed E-state index contributed by atoms with van der Waals surface area (Å²) in [5.74, 6) is 0.0234. The van der Waals surface area contributed by atoms with Crippen LogP contribution >= 0.6 is 0 Å². The summed E-state index contributed by atoms with van der Waals surface area (Å²) in [5, 5.41) is 0. The summed E-state index contributed by atoms with van der Waals surface area (Å²) in [7, 11) is 1.85. The number of piperidine rings is 1. The van der Waals surface area contributed by atoms with Crippen molar-refractivity contribution in [2.75, 3.05) is 26.7 Å². The summed E-state index contributed by atoms with van der Waals surface area (Å²) in [5.41, 5.74) is 6.77. The number of rotatable bonds is 5. The van der Waals surface area contributed by atoms with Crippen LogP contribution in [0.25, 0.3) is 0 Å². The zero-order chi connectivity index (χ0) is 14.4. The minimum Gasteiger partial charge on any atom is -0.343 e. The van der Waals surface area contributed by atoms with Gasteiger partial charge < -0.3 is 10.6 Å². The first kappa shape index (κ1) is 15.0. The van der Waals surface area contributed by atoms with Crippen molar-refractivity contribution >= 4 is 5.91 Å². The molecule has 0 aromatic heterocycles. The molecule has 4 nitrogen and oxygen atoms in total. The van der Waals surface area contributed by atoms with Crippen LogP contribution in [0.3, 0.4) is 0 Å². The number of carbonyl (C=O) groups is 1. The summed E-state index contributed by atoms with van der Waals surface area (Å²) in [6, 6.07) is 11.0. The molecule has 0 saturated carbocycles. The van der Waals surface area contributed by atoms with E-state index in [2.05, 4.69) is 29.2 Å². The van der Waals surface area contributed by atoms with Crippen molar-refractivity contribution in [2.45, 2.75) is 31.8 Å². The molecule has 1 saturated heterocycles. The van der Waals surface area contributed by atoms with E-state index in [1.54, 1.807) is 4.90 Å². The van der Waals surface area contributed by atoms with Gasteiger partial charge >= 0.3 is 0 Å². The number of likely N-dealkylation sites (tertiary alicyclic amines) is 1. The molecule has 1 heterocycles. The van der Waals surface area contributed by atoms with Crippen molar-refractivity contribution in [3.63, 3.8) is 0 Å². The SMILES string of the molecule is CN(C[C@H]1CCCCN1Cc1ccccc1)C(=O)CN. The lowest BCUT2D eigenvalue weighted by atomic mass is 10.0. The molecule has 1 atom stereocenters. The molecule has 1 aliphatic heterocycles. The Kier molecular flexibility index (Phi) is 5.56. The Morgan fingerprint density at radius 1 is 1.35 bits per heavy atom. The molecule has 0 aliphatic carbocycles. The lowest BCUT2D eigenvalue weighted by Gasteiger charge is -2.37. The third-order valence-corrected chi connectivity index (χ3v) is 4.06. The molecule has 2 N–H and O–H groups in total. The summed E-state index contributed by atoms with van der Waals surface area (Å²) in [6.07, 6.45) is 3.66. The predicted octanol–water partition coefficient (Wildman–Crippen LogP) is 1.46. The summed E-state index contributed by atoms with van der Waals surface area (Å²) in [6.45, 7) is 2.96. The van der Waals surface area contributed by atoms with Crippen LogP contribution in [-0.4, -0.2) is 48.4 Å². The second kappa shape index (κ2) is 7.41. The average Bonchev–Trinajstić information content (AvgIpc) is 2.49. The van der Waals surface area contributed by atoms with Crippen LogP contribution in [0.2, 0.25) is 0 Å². The van der Waals surface area contributed by atoms with Crippen molar-refractivity contribution in [1.29, 1.82) is 0 Å². The molecule has 4 heteroatoms. The maximum absolute atomic E-state index is 11.6. The lowest BCUT2D eigenvalue weighted by Crippen LogP contribution is -2.47. The molecule has 20 heavy (non-hydrogen) atoms. The normalized spacial score (nSPS) is 19.8. The number of nitrogens with zero attached hydrogens (tertiary/aromatic N) is 2. The first-order valence-corrected chi connectivity index (χ1v) is 7.42. The number of hydrogen-bond donors (Lipinski definition) is 1. The smallest absolute Gasteiger partial charge is 0.236 e. The van der Waals surface area contributed by atoms with Gasteiger partial charge in [-0.3, -0.25) is 9.69 Å². The van der Waals surface area contributed by atoms with Gasteiger partial charge in [0, 0.05) is 26.2 Å². The van der Waals surface area contributed by atoms with E-state index in [4.69, 9.17) is 5.73 Å². The molecular formula is C16H25N3O. The Bertz CT molecular complexity index is 421. The van der Waals surface area contributed by atoms with E-state index >= 15 is 0 Å². The first-order valence-electron chi connectivity index (χ1n) is 7.42. The van der Waals surface area contributed by atoms with Crippen LogP contribution < -0.4 is 5.73 Å². The molecule has 110 valence electrons. The summed E-state index contributed by atoms with van der Waals surface area (Å²) in [4.78, 5) is 15.9. The summed E-state index contributed by atoms with van der Waals surface area (Å²) < 4.78 is 0. The van der Waals surface area contributed by atoms with Crippen LogP contribution in [0, 0.1) is 0 Å². The molecule has 1 aromatic rings. The Labute approximate surface area is 121 Å². The lowest BCUT2D eigenvalue weighted by molar-refractivity contribution is -0.129. The zero-order valence-electron chi connectivity index (χ0n) is 12.3. The van der Waals surface area contributed by atoms with Crippen molar-refractivity contribution in [1.82, 2.24) is 9.80 Å². The topological polar surface area (TPSA) is 49.6 Å². The van der Waals surface area contributed by atoms with Gasteiger partial charge in [0.25, 0.3) is 0 Å². The monoisotopic (exact) mass is 275 g/mol. The van der Waals surface area contributed by atoms with Crippen LogP contribution in [0.5, 0.6) is 0 Å². The number of hydrogen-bond acceptors (Lipinski definition) is 3. The van der Waals surface area contributed by atoms with Crippen LogP contribution in [0.1, 0.15) is 24.8 Å². The number of benzene rings is 1. The number of carbonyl (C=O) groups excluding carboxylic acids is 1. The summed E-state index contributed by atoms with van der Waals surface area (Å²) >= 11 is 0. The molecule has 2 rings (SSSR count). The fraction of sp³-hybridized carbons (Fsp3) is 0.562. The van der Waals surface area contributed by atoms with Crippen LogP contribution in [0.15, 0.2) is 30.3 Å². The van der Waals surface area contributed by atoms with E-state index in [0.29, 0.717) is 6.04 Å². The highest BCUT2D eigenvalue weighted by Crippen LogP contribution is 2.20. The number of likely N-dealkylation sites (N-methyl/N-ethyl adjacent to an activating group) is 1. The Morgan fingerprint density at radius 2 is 2.10 bits per heavy atom. The van der Waals surface area contributed by atoms with Gasteiger partial charge in [-0.15, -0.1) is 0 Å². The Morgan fingerprint density at radius 3 is 2.80 bits per heavy atom. The first-order chi connectivity index (χ1) is 9.70. The van der Waals surface area contributed by atoms with E-state index in [9.17, 15) is 4.79 Å². The molecule has 0 spiro atoms. The maximum atomic E-state index is 11.6. The van der Waals surface area contributed by atoms with Gasteiger partial charge in [-0.2, -0.15) is 0 Å². The van der Waals surface area contributed by atoms with Gasteiger partial charge in [0.05, 0.1) is 6.54 Å². The molecular weight excluding hydrogens is 250 g/mol. The largest absolute Gasteiger partial charge is 0.343 e. The zero-order valence-corrected chi connectivity index (χ0v) is 12.3. The maximum Gasteiger partial charge on any atom is 0.236 e. The van der Waals surface area contributed by atoms with Crippen molar-refractivity contribution in [3.8, 4) is 0 Å². The van der Waals surface area contributed by atoms with Crippen LogP contribution in [0.4, 0.5) is 0 Å². The Balaban J connectivity index is 1.96. The fourth-order valence-electron chi connectivity index (χ4n) is 2.87. The predicted molar refractivity (Wildman–Crippen MR) is 81.2 cm³/mol. The molecule has 0 radical (unpaired) electrons. The van der Waals surface area contributed by atoms with E-state index in [-0.39, 0.29) is 12.5 Å². The molecule has 0 unspecified atom stereocenters. The third-order valence-electron chi connectivity index (χ3n) is 4.06. The number of amides is 1. The van der Waals surface area contributed by atoms with E-state index in [1.165, 1.54) is 18.4 Å². The highest BCUT2D eigenvalue weighted by Gasteiger charge is 2.24. The standard InChI is InChI=1S/C16H25N3O/c1-18(16(20)11-17)13-15-9-5-6-10-19(15)12-14-7-3-2-4-8-14/h2-4,7-8,15H,5-6,9-13,17H2,1H3/t15-/m1/s1. The minimum absolute atomic E-state index is 0.0234. The third kappa shape index (κ3) is 4.05. The quantitative estimate of drug-likeness (QED) is 0.885. The van der Waals surface area contributed by atoms with E-state index in [1.807, 2.05) is 13.1 Å². The molecule has 1 aliphatic rings.